The molecule has 1 amide bonds. The lowest BCUT2D eigenvalue weighted by Gasteiger charge is -2.09. The topological polar surface area (TPSA) is 70.7 Å². The fourth-order valence-corrected chi connectivity index (χ4v) is 2.32. The minimum Gasteiger partial charge on any atom is -0.320 e. The van der Waals surface area contributed by atoms with E-state index in [9.17, 15) is 9.18 Å². The quantitative estimate of drug-likeness (QED) is 0.804. The van der Waals surface area contributed by atoms with Gasteiger partial charge in [0.05, 0.1) is 11.9 Å². The van der Waals surface area contributed by atoms with Crippen LogP contribution in [0, 0.1) is 17.1 Å². The van der Waals surface area contributed by atoms with Crippen LogP contribution in [0.4, 0.5) is 10.2 Å². The normalized spacial score (nSPS) is 10.2. The van der Waals surface area contributed by atoms with Gasteiger partial charge in [0.25, 0.3) is 5.91 Å². The van der Waals surface area contributed by atoms with Crippen LogP contribution in [-0.2, 0) is 7.05 Å². The van der Waals surface area contributed by atoms with Crippen LogP contribution in [0.5, 0.6) is 0 Å². The van der Waals surface area contributed by atoms with Crippen molar-refractivity contribution in [3.8, 4) is 17.3 Å². The lowest BCUT2D eigenvalue weighted by molar-refractivity contribution is 0.102. The van der Waals surface area contributed by atoms with Crippen molar-refractivity contribution in [2.75, 3.05) is 5.32 Å². The SMILES string of the molecule is Cn1cnc(-c2ccccc2)c1NC(=O)c1ccc(F)c(C#N)c1. The highest BCUT2D eigenvalue weighted by Gasteiger charge is 2.16. The van der Waals surface area contributed by atoms with E-state index >= 15 is 0 Å². The van der Waals surface area contributed by atoms with Crippen molar-refractivity contribution in [3.63, 3.8) is 0 Å². The molecule has 0 aliphatic heterocycles. The van der Waals surface area contributed by atoms with Gasteiger partial charge in [-0.15, -0.1) is 0 Å². The third-order valence-electron chi connectivity index (χ3n) is 3.57. The molecular weight excluding hydrogens is 307 g/mol. The zero-order valence-electron chi connectivity index (χ0n) is 12.8. The molecule has 0 fully saturated rings. The fraction of sp³-hybridized carbons (Fsp3) is 0.0556. The second-order valence-electron chi connectivity index (χ2n) is 5.18. The lowest BCUT2D eigenvalue weighted by Crippen LogP contribution is -2.15. The number of nitrogens with zero attached hydrogens (tertiary/aromatic N) is 3. The Morgan fingerprint density at radius 3 is 2.71 bits per heavy atom. The van der Waals surface area contributed by atoms with Gasteiger partial charge in [-0.3, -0.25) is 4.79 Å². The van der Waals surface area contributed by atoms with Crippen molar-refractivity contribution in [1.29, 1.82) is 5.26 Å². The molecule has 3 aromatic rings. The summed E-state index contributed by atoms with van der Waals surface area (Å²) in [5, 5.41) is 11.7. The van der Waals surface area contributed by atoms with Gasteiger partial charge in [-0.05, 0) is 18.2 Å². The molecule has 0 atom stereocenters. The van der Waals surface area contributed by atoms with E-state index < -0.39 is 11.7 Å². The molecule has 0 aliphatic rings. The molecule has 6 heteroatoms. The Balaban J connectivity index is 1.94. The first-order chi connectivity index (χ1) is 11.6. The summed E-state index contributed by atoms with van der Waals surface area (Å²) in [6.45, 7) is 0. The molecule has 118 valence electrons. The number of carbonyl (C=O) groups is 1. The molecule has 1 N–H and O–H groups in total. The van der Waals surface area contributed by atoms with E-state index in [0.29, 0.717) is 11.5 Å². The van der Waals surface area contributed by atoms with Crippen molar-refractivity contribution in [2.24, 2.45) is 7.05 Å². The average Bonchev–Trinajstić information content (AvgIpc) is 2.96. The van der Waals surface area contributed by atoms with E-state index in [1.54, 1.807) is 24.0 Å². The van der Waals surface area contributed by atoms with E-state index in [0.717, 1.165) is 11.6 Å². The summed E-state index contributed by atoms with van der Waals surface area (Å²) in [5.74, 6) is -0.569. The zero-order chi connectivity index (χ0) is 17.1. The number of halogens is 1. The first-order valence-corrected chi connectivity index (χ1v) is 7.18. The number of hydrogen-bond acceptors (Lipinski definition) is 3. The molecule has 0 aliphatic carbocycles. The van der Waals surface area contributed by atoms with Gasteiger partial charge in [0.15, 0.2) is 0 Å². The highest BCUT2D eigenvalue weighted by molar-refractivity contribution is 6.05. The second kappa shape index (κ2) is 6.34. The summed E-state index contributed by atoms with van der Waals surface area (Å²) in [4.78, 5) is 16.8. The maximum atomic E-state index is 13.4. The second-order valence-corrected chi connectivity index (χ2v) is 5.18. The Kier molecular flexibility index (Phi) is 4.08. The van der Waals surface area contributed by atoms with Crippen LogP contribution in [0.15, 0.2) is 54.9 Å². The van der Waals surface area contributed by atoms with Crippen LogP contribution in [0.3, 0.4) is 0 Å². The van der Waals surface area contributed by atoms with E-state index in [4.69, 9.17) is 5.26 Å². The van der Waals surface area contributed by atoms with Crippen molar-refractivity contribution < 1.29 is 9.18 Å². The van der Waals surface area contributed by atoms with Gasteiger partial charge in [0.1, 0.15) is 23.4 Å². The fourth-order valence-electron chi connectivity index (χ4n) is 2.32. The Morgan fingerprint density at radius 1 is 1.25 bits per heavy atom. The lowest BCUT2D eigenvalue weighted by atomic mass is 10.1. The number of rotatable bonds is 3. The summed E-state index contributed by atoms with van der Waals surface area (Å²) in [7, 11) is 1.76. The molecular formula is C18H13FN4O. The van der Waals surface area contributed by atoms with Crippen molar-refractivity contribution in [3.05, 3.63) is 71.8 Å². The van der Waals surface area contributed by atoms with Crippen LogP contribution >= 0.6 is 0 Å². The van der Waals surface area contributed by atoms with Gasteiger partial charge in [0, 0.05) is 18.2 Å². The predicted molar refractivity (Wildman–Crippen MR) is 87.7 cm³/mol. The Bertz CT molecular complexity index is 941. The number of aryl methyl sites for hydroxylation is 1. The van der Waals surface area contributed by atoms with Gasteiger partial charge in [0.2, 0.25) is 0 Å². The number of nitrogens with one attached hydrogen (secondary N) is 1. The first kappa shape index (κ1) is 15.4. The van der Waals surface area contributed by atoms with Gasteiger partial charge >= 0.3 is 0 Å². The molecule has 1 aromatic heterocycles. The number of amides is 1. The molecule has 1 heterocycles. The highest BCUT2D eigenvalue weighted by atomic mass is 19.1. The molecule has 0 saturated heterocycles. The maximum Gasteiger partial charge on any atom is 0.256 e. The minimum absolute atomic E-state index is 0.170. The van der Waals surface area contributed by atoms with E-state index in [1.165, 1.54) is 12.1 Å². The van der Waals surface area contributed by atoms with E-state index in [-0.39, 0.29) is 11.1 Å². The van der Waals surface area contributed by atoms with Gasteiger partial charge in [-0.1, -0.05) is 30.3 Å². The predicted octanol–water partition coefficient (Wildman–Crippen LogP) is 3.35. The Hall–Kier alpha value is -3.46. The van der Waals surface area contributed by atoms with Gasteiger partial charge in [-0.2, -0.15) is 5.26 Å². The summed E-state index contributed by atoms with van der Waals surface area (Å²) in [6, 6.07) is 14.8. The molecule has 2 aromatic carbocycles. The summed E-state index contributed by atoms with van der Waals surface area (Å²) >= 11 is 0. The standard InChI is InChI=1S/C18H13FN4O/c1-23-11-21-16(12-5-3-2-4-6-12)17(23)22-18(24)13-7-8-15(19)14(9-13)10-20/h2-9,11H,1H3,(H,22,24). The number of hydrogen-bond donors (Lipinski definition) is 1. The van der Waals surface area contributed by atoms with Crippen LogP contribution in [0.2, 0.25) is 0 Å². The molecule has 5 nitrogen and oxygen atoms in total. The first-order valence-electron chi connectivity index (χ1n) is 7.18. The highest BCUT2D eigenvalue weighted by Crippen LogP contribution is 2.26. The zero-order valence-corrected chi connectivity index (χ0v) is 12.8. The van der Waals surface area contributed by atoms with E-state index in [2.05, 4.69) is 10.3 Å². The Morgan fingerprint density at radius 2 is 2.00 bits per heavy atom. The van der Waals surface area contributed by atoms with Crippen molar-refractivity contribution in [1.82, 2.24) is 9.55 Å². The summed E-state index contributed by atoms with van der Waals surface area (Å²) in [6.07, 6.45) is 1.60. The van der Waals surface area contributed by atoms with Crippen LogP contribution in [0.1, 0.15) is 15.9 Å². The number of carbonyl (C=O) groups excluding carboxylic acids is 1. The van der Waals surface area contributed by atoms with Crippen molar-refractivity contribution >= 4 is 11.7 Å². The molecule has 24 heavy (non-hydrogen) atoms. The number of anilines is 1. The number of aromatic nitrogens is 2. The van der Waals surface area contributed by atoms with Gasteiger partial charge < -0.3 is 9.88 Å². The van der Waals surface area contributed by atoms with Crippen molar-refractivity contribution in [2.45, 2.75) is 0 Å². The number of nitriles is 1. The molecule has 0 spiro atoms. The molecule has 3 rings (SSSR count). The van der Waals surface area contributed by atoms with Crippen LogP contribution in [0.25, 0.3) is 11.3 Å². The van der Waals surface area contributed by atoms with Crippen LogP contribution < -0.4 is 5.32 Å². The maximum absolute atomic E-state index is 13.4. The molecule has 0 saturated carbocycles. The largest absolute Gasteiger partial charge is 0.320 e. The smallest absolute Gasteiger partial charge is 0.256 e. The van der Waals surface area contributed by atoms with E-state index in [1.807, 2.05) is 30.3 Å². The monoisotopic (exact) mass is 320 g/mol. The summed E-state index contributed by atoms with van der Waals surface area (Å²) in [5.41, 5.74) is 1.53. The van der Waals surface area contributed by atoms with Gasteiger partial charge in [-0.25, -0.2) is 9.37 Å². The third-order valence-corrected chi connectivity index (χ3v) is 3.57. The third kappa shape index (κ3) is 2.88. The average molecular weight is 320 g/mol. The molecule has 0 radical (unpaired) electrons. The number of imidazole rings is 1. The minimum atomic E-state index is -0.653. The molecule has 0 unspecified atom stereocenters. The Labute approximate surface area is 138 Å². The number of benzene rings is 2. The molecule has 0 bridgehead atoms. The van der Waals surface area contributed by atoms with Crippen LogP contribution in [-0.4, -0.2) is 15.5 Å². The summed E-state index contributed by atoms with van der Waals surface area (Å²) < 4.78 is 15.1.